The van der Waals surface area contributed by atoms with Gasteiger partial charge in [-0.1, -0.05) is 22.9 Å². The first kappa shape index (κ1) is 11.4. The van der Waals surface area contributed by atoms with Gasteiger partial charge in [0.05, 0.1) is 0 Å². The summed E-state index contributed by atoms with van der Waals surface area (Å²) in [5, 5.41) is 0.968. The molecule has 0 aromatic carbocycles. The maximum absolute atomic E-state index is 4.27. The largest absolute Gasteiger partial charge is 0.356 e. The average Bonchev–Trinajstić information content (AvgIpc) is 2.17. The fraction of sp³-hybridized carbons (Fsp3) is 0.600. The topological polar surface area (TPSA) is 29.0 Å². The summed E-state index contributed by atoms with van der Waals surface area (Å²) in [4.78, 5) is 10.6. The van der Waals surface area contributed by atoms with Gasteiger partial charge in [0.15, 0.2) is 0 Å². The smallest absolute Gasteiger partial charge is 0.132 e. The van der Waals surface area contributed by atoms with Gasteiger partial charge in [-0.15, -0.1) is 0 Å². The fourth-order valence-corrected chi connectivity index (χ4v) is 1.75. The lowest BCUT2D eigenvalue weighted by molar-refractivity contribution is 0.780. The van der Waals surface area contributed by atoms with E-state index in [1.807, 2.05) is 13.0 Å². The Bertz CT molecular complexity index is 272. The van der Waals surface area contributed by atoms with Crippen molar-refractivity contribution >= 4 is 21.7 Å². The molecule has 0 unspecified atom stereocenters. The highest BCUT2D eigenvalue weighted by Crippen LogP contribution is 2.11. The third kappa shape index (κ3) is 3.25. The van der Waals surface area contributed by atoms with Crippen LogP contribution < -0.4 is 4.90 Å². The van der Waals surface area contributed by atoms with Crippen LogP contribution in [0.25, 0.3) is 0 Å². The van der Waals surface area contributed by atoms with Crippen molar-refractivity contribution in [2.24, 2.45) is 0 Å². The third-order valence-electron chi connectivity index (χ3n) is 1.96. The lowest BCUT2D eigenvalue weighted by Crippen LogP contribution is -2.27. The Labute approximate surface area is 93.7 Å². The highest BCUT2D eigenvalue weighted by molar-refractivity contribution is 9.09. The zero-order valence-corrected chi connectivity index (χ0v) is 10.3. The number of alkyl halides is 1. The molecule has 1 aromatic heterocycles. The maximum atomic E-state index is 4.27. The van der Waals surface area contributed by atoms with Gasteiger partial charge in [-0.2, -0.15) is 0 Å². The van der Waals surface area contributed by atoms with Gasteiger partial charge in [-0.25, -0.2) is 9.97 Å². The summed E-state index contributed by atoms with van der Waals surface area (Å²) < 4.78 is 0. The molecule has 14 heavy (non-hydrogen) atoms. The summed E-state index contributed by atoms with van der Waals surface area (Å²) in [5.41, 5.74) is 1.02. The molecule has 0 saturated heterocycles. The van der Waals surface area contributed by atoms with E-state index in [0.29, 0.717) is 0 Å². The highest BCUT2D eigenvalue weighted by atomic mass is 79.9. The molecule has 0 bridgehead atoms. The van der Waals surface area contributed by atoms with Crippen LogP contribution in [0.2, 0.25) is 0 Å². The fourth-order valence-electron chi connectivity index (χ4n) is 1.33. The van der Waals surface area contributed by atoms with E-state index in [9.17, 15) is 0 Å². The van der Waals surface area contributed by atoms with Crippen LogP contribution in [0.5, 0.6) is 0 Å². The van der Waals surface area contributed by atoms with E-state index in [1.165, 1.54) is 0 Å². The first-order chi connectivity index (χ1) is 6.77. The number of hydrogen-bond donors (Lipinski definition) is 0. The van der Waals surface area contributed by atoms with Gasteiger partial charge in [0.1, 0.15) is 12.1 Å². The number of anilines is 1. The predicted molar refractivity (Wildman–Crippen MR) is 63.1 cm³/mol. The Morgan fingerprint density at radius 1 is 1.36 bits per heavy atom. The monoisotopic (exact) mass is 257 g/mol. The molecular weight excluding hydrogens is 242 g/mol. The first-order valence-corrected chi connectivity index (χ1v) is 5.99. The predicted octanol–water partition coefficient (Wildman–Crippen LogP) is 2.40. The summed E-state index contributed by atoms with van der Waals surface area (Å²) in [6, 6.07) is 2.03. The van der Waals surface area contributed by atoms with Gasteiger partial charge in [-0.3, -0.25) is 0 Å². The minimum atomic E-state index is 0.968. The van der Waals surface area contributed by atoms with Crippen molar-refractivity contribution in [3.8, 4) is 0 Å². The summed E-state index contributed by atoms with van der Waals surface area (Å²) in [6.45, 7) is 6.20. The molecule has 3 nitrogen and oxygen atoms in total. The number of aryl methyl sites for hydroxylation is 1. The summed E-state index contributed by atoms with van der Waals surface area (Å²) in [6.07, 6.45) is 2.76. The van der Waals surface area contributed by atoms with Gasteiger partial charge in [0.25, 0.3) is 0 Å². The van der Waals surface area contributed by atoms with E-state index in [0.717, 1.165) is 36.4 Å². The second-order valence-corrected chi connectivity index (χ2v) is 3.99. The van der Waals surface area contributed by atoms with E-state index < -0.39 is 0 Å². The van der Waals surface area contributed by atoms with E-state index in [-0.39, 0.29) is 0 Å². The van der Waals surface area contributed by atoms with Crippen LogP contribution in [0.1, 0.15) is 19.0 Å². The lowest BCUT2D eigenvalue weighted by Gasteiger charge is -2.21. The minimum Gasteiger partial charge on any atom is -0.356 e. The molecule has 0 spiro atoms. The zero-order valence-electron chi connectivity index (χ0n) is 8.70. The molecule has 0 atom stereocenters. The van der Waals surface area contributed by atoms with Crippen LogP contribution in [0.15, 0.2) is 12.4 Å². The number of aromatic nitrogens is 2. The number of nitrogens with zero attached hydrogens (tertiary/aromatic N) is 3. The van der Waals surface area contributed by atoms with Crippen molar-refractivity contribution in [2.45, 2.75) is 20.3 Å². The van der Waals surface area contributed by atoms with Crippen molar-refractivity contribution in [3.63, 3.8) is 0 Å². The minimum absolute atomic E-state index is 0.968. The van der Waals surface area contributed by atoms with Crippen molar-refractivity contribution in [2.75, 3.05) is 23.3 Å². The van der Waals surface area contributed by atoms with Gasteiger partial charge in [0.2, 0.25) is 0 Å². The number of hydrogen-bond acceptors (Lipinski definition) is 3. The van der Waals surface area contributed by atoms with Crippen LogP contribution in [-0.2, 0) is 0 Å². The van der Waals surface area contributed by atoms with Gasteiger partial charge in [-0.05, 0) is 13.3 Å². The Kier molecular flexibility index (Phi) is 4.87. The molecule has 0 fully saturated rings. The second-order valence-electron chi connectivity index (χ2n) is 3.19. The maximum Gasteiger partial charge on any atom is 0.132 e. The zero-order chi connectivity index (χ0) is 10.4. The Balaban J connectivity index is 2.75. The summed E-state index contributed by atoms with van der Waals surface area (Å²) in [7, 11) is 0. The quantitative estimate of drug-likeness (QED) is 0.759. The Hall–Kier alpha value is -0.640. The molecule has 0 aliphatic heterocycles. The molecule has 1 heterocycles. The molecule has 1 aromatic rings. The molecule has 0 amide bonds. The average molecular weight is 258 g/mol. The van der Waals surface area contributed by atoms with Gasteiger partial charge in [0, 0.05) is 30.2 Å². The van der Waals surface area contributed by atoms with Crippen molar-refractivity contribution in [1.82, 2.24) is 9.97 Å². The third-order valence-corrected chi connectivity index (χ3v) is 2.32. The number of rotatable bonds is 5. The standard InChI is InChI=1S/C10H16BrN3/c1-3-5-14(6-4-11)10-7-9(2)12-8-13-10/h7-8H,3-6H2,1-2H3. The van der Waals surface area contributed by atoms with Crippen LogP contribution in [0.3, 0.4) is 0 Å². The van der Waals surface area contributed by atoms with E-state index in [4.69, 9.17) is 0 Å². The Morgan fingerprint density at radius 3 is 2.71 bits per heavy atom. The molecule has 0 aliphatic rings. The van der Waals surface area contributed by atoms with Crippen LogP contribution in [0, 0.1) is 6.92 Å². The summed E-state index contributed by atoms with van der Waals surface area (Å²) in [5.74, 6) is 1.03. The lowest BCUT2D eigenvalue weighted by atomic mass is 10.3. The van der Waals surface area contributed by atoms with Crippen molar-refractivity contribution in [3.05, 3.63) is 18.1 Å². The van der Waals surface area contributed by atoms with Crippen LogP contribution in [0.4, 0.5) is 5.82 Å². The van der Waals surface area contributed by atoms with Crippen LogP contribution in [-0.4, -0.2) is 28.4 Å². The summed E-state index contributed by atoms with van der Waals surface area (Å²) >= 11 is 3.45. The number of halogens is 1. The van der Waals surface area contributed by atoms with E-state index >= 15 is 0 Å². The molecule has 0 saturated carbocycles. The normalized spacial score (nSPS) is 10.2. The van der Waals surface area contributed by atoms with E-state index in [2.05, 4.69) is 37.7 Å². The van der Waals surface area contributed by atoms with E-state index in [1.54, 1.807) is 6.33 Å². The van der Waals surface area contributed by atoms with Crippen molar-refractivity contribution in [1.29, 1.82) is 0 Å². The second kappa shape index (κ2) is 5.96. The Morgan fingerprint density at radius 2 is 2.14 bits per heavy atom. The van der Waals surface area contributed by atoms with Crippen LogP contribution >= 0.6 is 15.9 Å². The SMILES string of the molecule is CCCN(CCBr)c1cc(C)ncn1. The molecule has 0 N–H and O–H groups in total. The molecule has 1 rings (SSSR count). The van der Waals surface area contributed by atoms with Crippen molar-refractivity contribution < 1.29 is 0 Å². The first-order valence-electron chi connectivity index (χ1n) is 4.87. The molecule has 0 radical (unpaired) electrons. The molecule has 78 valence electrons. The highest BCUT2D eigenvalue weighted by Gasteiger charge is 2.05. The molecule has 0 aliphatic carbocycles. The van der Waals surface area contributed by atoms with Gasteiger partial charge >= 0.3 is 0 Å². The molecular formula is C10H16BrN3. The molecule has 4 heteroatoms. The van der Waals surface area contributed by atoms with Gasteiger partial charge < -0.3 is 4.90 Å².